The number of aliphatic hydroxyl groups excluding tert-OH is 1. The predicted octanol–water partition coefficient (Wildman–Crippen LogP) is 0.547. The minimum Gasteiger partial charge on any atom is -0.396 e. The van der Waals surface area contributed by atoms with Gasteiger partial charge in [-0.05, 0) is 26.7 Å². The second kappa shape index (κ2) is 5.82. The molecule has 0 aromatic rings. The molecule has 0 bridgehead atoms. The Labute approximate surface area is 92.8 Å². The minimum absolute atomic E-state index is 0.0480. The number of aliphatic hydroxyl groups is 1. The summed E-state index contributed by atoms with van der Waals surface area (Å²) < 4.78 is 23.2. The fourth-order valence-electron chi connectivity index (χ4n) is 1.27. The van der Waals surface area contributed by atoms with E-state index < -0.39 is 15.3 Å². The summed E-state index contributed by atoms with van der Waals surface area (Å²) in [7, 11) is -3.03. The van der Waals surface area contributed by atoms with Crippen molar-refractivity contribution in [2.75, 3.05) is 18.9 Å². The Kier molecular flexibility index (Phi) is 5.77. The number of hydrogen-bond donors (Lipinski definition) is 2. The fourth-order valence-corrected chi connectivity index (χ4v) is 2.46. The van der Waals surface area contributed by atoms with Gasteiger partial charge in [-0.2, -0.15) is 0 Å². The van der Waals surface area contributed by atoms with Gasteiger partial charge in [0.1, 0.15) is 0 Å². The van der Waals surface area contributed by atoms with E-state index in [1.165, 1.54) is 0 Å². The van der Waals surface area contributed by atoms with Crippen molar-refractivity contribution in [3.8, 4) is 0 Å². The average molecular weight is 237 g/mol. The van der Waals surface area contributed by atoms with E-state index in [1.807, 2.05) is 6.92 Å². The lowest BCUT2D eigenvalue weighted by atomic mass is 9.83. The van der Waals surface area contributed by atoms with Crippen LogP contribution in [-0.4, -0.2) is 37.7 Å². The molecule has 1 atom stereocenters. The first-order valence-electron chi connectivity index (χ1n) is 5.36. The van der Waals surface area contributed by atoms with Crippen molar-refractivity contribution < 1.29 is 13.5 Å². The van der Waals surface area contributed by atoms with Crippen LogP contribution in [0.15, 0.2) is 0 Å². The molecule has 0 saturated heterocycles. The maximum Gasteiger partial charge on any atom is 0.152 e. The van der Waals surface area contributed by atoms with E-state index in [-0.39, 0.29) is 17.6 Å². The quantitative estimate of drug-likeness (QED) is 0.677. The van der Waals surface area contributed by atoms with Crippen molar-refractivity contribution in [2.45, 2.75) is 38.9 Å². The van der Waals surface area contributed by atoms with Crippen LogP contribution in [0.2, 0.25) is 0 Å². The van der Waals surface area contributed by atoms with Crippen molar-refractivity contribution in [1.82, 2.24) is 0 Å². The highest BCUT2D eigenvalue weighted by atomic mass is 32.2. The van der Waals surface area contributed by atoms with Crippen LogP contribution < -0.4 is 5.73 Å². The first-order valence-corrected chi connectivity index (χ1v) is 7.07. The molecule has 0 rings (SSSR count). The summed E-state index contributed by atoms with van der Waals surface area (Å²) in [6.45, 7) is 5.54. The third kappa shape index (κ3) is 4.09. The monoisotopic (exact) mass is 237 g/mol. The maximum absolute atomic E-state index is 11.6. The van der Waals surface area contributed by atoms with Gasteiger partial charge in [0.2, 0.25) is 0 Å². The van der Waals surface area contributed by atoms with Gasteiger partial charge in [-0.1, -0.05) is 6.92 Å². The van der Waals surface area contributed by atoms with Gasteiger partial charge >= 0.3 is 0 Å². The molecule has 0 fully saturated rings. The molecule has 15 heavy (non-hydrogen) atoms. The zero-order chi connectivity index (χ0) is 12.1. The van der Waals surface area contributed by atoms with Crippen LogP contribution in [0.3, 0.4) is 0 Å². The molecule has 92 valence electrons. The van der Waals surface area contributed by atoms with E-state index in [9.17, 15) is 13.5 Å². The Morgan fingerprint density at radius 2 is 1.93 bits per heavy atom. The lowest BCUT2D eigenvalue weighted by molar-refractivity contribution is 0.123. The second-order valence-corrected chi connectivity index (χ2v) is 7.06. The molecule has 0 spiro atoms. The highest BCUT2D eigenvalue weighted by Crippen LogP contribution is 2.25. The van der Waals surface area contributed by atoms with Crippen LogP contribution in [0.4, 0.5) is 0 Å². The first kappa shape index (κ1) is 14.9. The largest absolute Gasteiger partial charge is 0.396 e. The van der Waals surface area contributed by atoms with Crippen molar-refractivity contribution in [3.05, 3.63) is 0 Å². The van der Waals surface area contributed by atoms with Gasteiger partial charge in [0.25, 0.3) is 0 Å². The standard InChI is InChI=1S/C10H23NO3S/c1-4-10(7-11,8-12)5-6-15(13,14)9(2)3/h9,12H,4-8,11H2,1-3H3. The molecule has 0 saturated carbocycles. The highest BCUT2D eigenvalue weighted by Gasteiger charge is 2.28. The van der Waals surface area contributed by atoms with Gasteiger partial charge in [-0.3, -0.25) is 0 Å². The van der Waals surface area contributed by atoms with E-state index in [0.717, 1.165) is 0 Å². The first-order chi connectivity index (χ1) is 6.83. The normalized spacial score (nSPS) is 16.7. The molecular formula is C10H23NO3S. The molecule has 0 aliphatic rings. The van der Waals surface area contributed by atoms with Crippen LogP contribution in [0, 0.1) is 5.41 Å². The topological polar surface area (TPSA) is 80.4 Å². The van der Waals surface area contributed by atoms with E-state index in [0.29, 0.717) is 19.4 Å². The van der Waals surface area contributed by atoms with Crippen molar-refractivity contribution in [1.29, 1.82) is 0 Å². The Hall–Kier alpha value is -0.130. The molecule has 5 heteroatoms. The van der Waals surface area contributed by atoms with E-state index in [4.69, 9.17) is 5.73 Å². The van der Waals surface area contributed by atoms with E-state index >= 15 is 0 Å². The van der Waals surface area contributed by atoms with Gasteiger partial charge in [-0.25, -0.2) is 8.42 Å². The van der Waals surface area contributed by atoms with Crippen molar-refractivity contribution >= 4 is 9.84 Å². The van der Waals surface area contributed by atoms with Gasteiger partial charge in [0.15, 0.2) is 9.84 Å². The number of sulfone groups is 1. The molecule has 0 radical (unpaired) electrons. The molecule has 0 amide bonds. The Morgan fingerprint density at radius 3 is 2.20 bits per heavy atom. The zero-order valence-corrected chi connectivity index (χ0v) is 10.7. The summed E-state index contributed by atoms with van der Waals surface area (Å²) >= 11 is 0. The van der Waals surface area contributed by atoms with Crippen molar-refractivity contribution in [3.63, 3.8) is 0 Å². The van der Waals surface area contributed by atoms with E-state index in [1.54, 1.807) is 13.8 Å². The fraction of sp³-hybridized carbons (Fsp3) is 1.00. The lowest BCUT2D eigenvalue weighted by Crippen LogP contribution is -2.36. The van der Waals surface area contributed by atoms with Gasteiger partial charge < -0.3 is 10.8 Å². The van der Waals surface area contributed by atoms with E-state index in [2.05, 4.69) is 0 Å². The SMILES string of the molecule is CCC(CN)(CO)CCS(=O)(=O)C(C)C. The van der Waals surface area contributed by atoms with Gasteiger partial charge in [-0.15, -0.1) is 0 Å². The Balaban J connectivity index is 4.48. The molecule has 0 heterocycles. The molecule has 0 aliphatic carbocycles. The smallest absolute Gasteiger partial charge is 0.152 e. The minimum atomic E-state index is -3.03. The highest BCUT2D eigenvalue weighted by molar-refractivity contribution is 7.91. The van der Waals surface area contributed by atoms with Crippen LogP contribution in [0.25, 0.3) is 0 Å². The maximum atomic E-state index is 11.6. The Morgan fingerprint density at radius 1 is 1.40 bits per heavy atom. The summed E-state index contributed by atoms with van der Waals surface area (Å²) in [6, 6.07) is 0. The third-order valence-electron chi connectivity index (χ3n) is 3.15. The van der Waals surface area contributed by atoms with Crippen LogP contribution in [-0.2, 0) is 9.84 Å². The lowest BCUT2D eigenvalue weighted by Gasteiger charge is -2.29. The van der Waals surface area contributed by atoms with Crippen LogP contribution >= 0.6 is 0 Å². The molecule has 0 aromatic heterocycles. The third-order valence-corrected chi connectivity index (χ3v) is 5.36. The zero-order valence-electron chi connectivity index (χ0n) is 9.86. The molecule has 3 N–H and O–H groups in total. The average Bonchev–Trinajstić information content (AvgIpc) is 2.20. The molecule has 1 unspecified atom stereocenters. The van der Waals surface area contributed by atoms with Gasteiger partial charge in [0.05, 0.1) is 11.0 Å². The molecule has 0 aromatic carbocycles. The number of rotatable bonds is 7. The predicted molar refractivity (Wildman–Crippen MR) is 62.4 cm³/mol. The van der Waals surface area contributed by atoms with Crippen LogP contribution in [0.5, 0.6) is 0 Å². The number of nitrogens with two attached hydrogens (primary N) is 1. The molecular weight excluding hydrogens is 214 g/mol. The van der Waals surface area contributed by atoms with Gasteiger partial charge in [0, 0.05) is 18.6 Å². The summed E-state index contributed by atoms with van der Waals surface area (Å²) in [5.74, 6) is 0.107. The molecule has 4 nitrogen and oxygen atoms in total. The summed E-state index contributed by atoms with van der Waals surface area (Å²) in [5, 5.41) is 8.88. The number of hydrogen-bond acceptors (Lipinski definition) is 4. The molecule has 0 aliphatic heterocycles. The second-order valence-electron chi connectivity index (χ2n) is 4.38. The summed E-state index contributed by atoms with van der Waals surface area (Å²) in [6.07, 6.45) is 1.14. The van der Waals surface area contributed by atoms with Crippen LogP contribution in [0.1, 0.15) is 33.6 Å². The summed E-state index contributed by atoms with van der Waals surface area (Å²) in [5.41, 5.74) is 5.15. The van der Waals surface area contributed by atoms with Crippen molar-refractivity contribution in [2.24, 2.45) is 11.1 Å². The summed E-state index contributed by atoms with van der Waals surface area (Å²) in [4.78, 5) is 0. The Bertz CT molecular complexity index is 260.